The highest BCUT2D eigenvalue weighted by Gasteiger charge is 2.19. The van der Waals surface area contributed by atoms with Crippen molar-refractivity contribution in [3.63, 3.8) is 0 Å². The van der Waals surface area contributed by atoms with E-state index in [4.69, 9.17) is 4.74 Å². The lowest BCUT2D eigenvalue weighted by molar-refractivity contribution is 0.122. The van der Waals surface area contributed by atoms with Gasteiger partial charge in [0, 0.05) is 25.4 Å². The molecule has 0 radical (unpaired) electrons. The highest BCUT2D eigenvalue weighted by molar-refractivity contribution is 5.52. The van der Waals surface area contributed by atoms with Crippen LogP contribution in [0.25, 0.3) is 17.3 Å². The number of morpholine rings is 1. The first-order valence-corrected chi connectivity index (χ1v) is 8.10. The first-order chi connectivity index (χ1) is 12.7. The fourth-order valence-corrected chi connectivity index (χ4v) is 2.65. The zero-order chi connectivity index (χ0) is 17.9. The van der Waals surface area contributed by atoms with Gasteiger partial charge in [0.15, 0.2) is 11.6 Å². The summed E-state index contributed by atoms with van der Waals surface area (Å²) >= 11 is 0. The highest BCUT2D eigenvalue weighted by Crippen LogP contribution is 2.18. The van der Waals surface area contributed by atoms with Crippen molar-refractivity contribution < 1.29 is 9.13 Å². The maximum Gasteiger partial charge on any atom is 0.274 e. The summed E-state index contributed by atoms with van der Waals surface area (Å²) in [6.45, 7) is 2.02. The molecule has 0 amide bonds. The Hall–Kier alpha value is -3.20. The van der Waals surface area contributed by atoms with Gasteiger partial charge in [-0.2, -0.15) is 14.8 Å². The zero-order valence-corrected chi connectivity index (χ0v) is 13.7. The number of hydrogen-bond donors (Lipinski definition) is 0. The van der Waals surface area contributed by atoms with Crippen LogP contribution in [0.1, 0.15) is 0 Å². The Morgan fingerprint density at radius 3 is 2.65 bits per heavy atom. The first-order valence-electron chi connectivity index (χ1n) is 8.10. The van der Waals surface area contributed by atoms with Crippen molar-refractivity contribution in [1.82, 2.24) is 24.7 Å². The van der Waals surface area contributed by atoms with Gasteiger partial charge in [-0.15, -0.1) is 0 Å². The van der Waals surface area contributed by atoms with E-state index in [9.17, 15) is 9.18 Å². The molecule has 0 saturated carbocycles. The third-order valence-corrected chi connectivity index (χ3v) is 3.94. The molecular weight excluding hydrogens is 339 g/mol. The second kappa shape index (κ2) is 6.96. The Balaban J connectivity index is 1.77. The van der Waals surface area contributed by atoms with Crippen molar-refractivity contribution in [3.8, 4) is 17.3 Å². The summed E-state index contributed by atoms with van der Waals surface area (Å²) in [7, 11) is 0. The Morgan fingerprint density at radius 2 is 1.88 bits per heavy atom. The minimum atomic E-state index is -0.551. The van der Waals surface area contributed by atoms with Gasteiger partial charge in [0.2, 0.25) is 0 Å². The Labute approximate surface area is 147 Å². The van der Waals surface area contributed by atoms with Crippen LogP contribution in [0.2, 0.25) is 0 Å². The van der Waals surface area contributed by atoms with Gasteiger partial charge in [0.1, 0.15) is 5.69 Å². The van der Waals surface area contributed by atoms with Gasteiger partial charge in [0.05, 0.1) is 25.1 Å². The minimum Gasteiger partial charge on any atom is -0.378 e. The minimum absolute atomic E-state index is 0.00988. The summed E-state index contributed by atoms with van der Waals surface area (Å²) < 4.78 is 20.5. The van der Waals surface area contributed by atoms with E-state index in [1.807, 2.05) is 6.07 Å². The summed E-state index contributed by atoms with van der Waals surface area (Å²) in [5.41, 5.74) is 0.687. The van der Waals surface area contributed by atoms with E-state index >= 15 is 0 Å². The van der Waals surface area contributed by atoms with Gasteiger partial charge in [-0.05, 0) is 18.2 Å². The van der Waals surface area contributed by atoms with Crippen molar-refractivity contribution in [1.29, 1.82) is 0 Å². The molecular formula is C17H15FN6O2. The molecule has 4 rings (SSSR count). The van der Waals surface area contributed by atoms with Crippen LogP contribution in [0.5, 0.6) is 0 Å². The lowest BCUT2D eigenvalue weighted by Gasteiger charge is -2.28. The lowest BCUT2D eigenvalue weighted by Crippen LogP contribution is -2.37. The quantitative estimate of drug-likeness (QED) is 0.695. The summed E-state index contributed by atoms with van der Waals surface area (Å²) in [6.07, 6.45) is 2.69. The molecule has 8 nitrogen and oxygen atoms in total. The Kier molecular flexibility index (Phi) is 4.36. The van der Waals surface area contributed by atoms with E-state index in [2.05, 4.69) is 20.1 Å². The van der Waals surface area contributed by atoms with Crippen LogP contribution in [0, 0.1) is 5.82 Å². The molecule has 4 heterocycles. The predicted octanol–water partition coefficient (Wildman–Crippen LogP) is 1.06. The smallest absolute Gasteiger partial charge is 0.274 e. The monoisotopic (exact) mass is 354 g/mol. The Bertz CT molecular complexity index is 972. The maximum absolute atomic E-state index is 14.2. The van der Waals surface area contributed by atoms with Crippen molar-refractivity contribution in [2.24, 2.45) is 0 Å². The van der Waals surface area contributed by atoms with Crippen LogP contribution in [0.3, 0.4) is 0 Å². The average molecular weight is 354 g/mol. The zero-order valence-electron chi connectivity index (χ0n) is 13.7. The van der Waals surface area contributed by atoms with Crippen LogP contribution in [0.4, 0.5) is 10.2 Å². The molecule has 1 aliphatic heterocycles. The molecule has 0 N–H and O–H groups in total. The molecule has 9 heteroatoms. The Morgan fingerprint density at radius 1 is 1.04 bits per heavy atom. The summed E-state index contributed by atoms with van der Waals surface area (Å²) in [5, 5.41) is 4.28. The molecule has 0 aliphatic carbocycles. The van der Waals surface area contributed by atoms with Gasteiger partial charge in [-0.25, -0.2) is 9.37 Å². The van der Waals surface area contributed by atoms with E-state index in [1.54, 1.807) is 29.3 Å². The van der Waals surface area contributed by atoms with E-state index in [1.165, 1.54) is 6.07 Å². The standard InChI is InChI=1S/C17H15FN6O2/c18-12-11-20-17(21-16(12)23-7-9-26-10-8-23)24-15(25)5-4-14(22-24)13-3-1-2-6-19-13/h1-6,11H,7-10H2. The van der Waals surface area contributed by atoms with Crippen molar-refractivity contribution in [3.05, 3.63) is 58.9 Å². The molecule has 3 aromatic rings. The van der Waals surface area contributed by atoms with E-state index in [-0.39, 0.29) is 11.8 Å². The van der Waals surface area contributed by atoms with Gasteiger partial charge in [-0.1, -0.05) is 6.07 Å². The number of nitrogens with zero attached hydrogens (tertiary/aromatic N) is 6. The fraction of sp³-hybridized carbons (Fsp3) is 0.235. The number of rotatable bonds is 3. The van der Waals surface area contributed by atoms with Crippen molar-refractivity contribution >= 4 is 5.82 Å². The number of aromatic nitrogens is 5. The third-order valence-electron chi connectivity index (χ3n) is 3.94. The SMILES string of the molecule is O=c1ccc(-c2ccccn2)nn1-c1ncc(F)c(N2CCOCC2)n1. The molecule has 1 saturated heterocycles. The van der Waals surface area contributed by atoms with Gasteiger partial charge in [0.25, 0.3) is 11.5 Å². The molecule has 0 unspecified atom stereocenters. The highest BCUT2D eigenvalue weighted by atomic mass is 19.1. The number of hydrogen-bond acceptors (Lipinski definition) is 7. The number of pyridine rings is 1. The first kappa shape index (κ1) is 16.3. The lowest BCUT2D eigenvalue weighted by atomic mass is 10.2. The normalized spacial score (nSPS) is 14.4. The molecule has 1 fully saturated rings. The number of ether oxygens (including phenoxy) is 1. The van der Waals surface area contributed by atoms with Crippen molar-refractivity contribution in [2.45, 2.75) is 0 Å². The third kappa shape index (κ3) is 3.16. The maximum atomic E-state index is 14.2. The van der Waals surface area contributed by atoms with Crippen molar-refractivity contribution in [2.75, 3.05) is 31.2 Å². The molecule has 3 aromatic heterocycles. The van der Waals surface area contributed by atoms with Crippen LogP contribution in [-0.4, -0.2) is 51.0 Å². The number of anilines is 1. The number of halogens is 1. The molecule has 26 heavy (non-hydrogen) atoms. The second-order valence-corrected chi connectivity index (χ2v) is 5.62. The summed E-state index contributed by atoms with van der Waals surface area (Å²) in [5.74, 6) is -0.407. The molecule has 132 valence electrons. The largest absolute Gasteiger partial charge is 0.378 e. The van der Waals surface area contributed by atoms with E-state index in [0.29, 0.717) is 37.7 Å². The summed E-state index contributed by atoms with van der Waals surface area (Å²) in [6, 6.07) is 8.33. The molecule has 0 aromatic carbocycles. The van der Waals surface area contributed by atoms with E-state index in [0.717, 1.165) is 10.9 Å². The van der Waals surface area contributed by atoms with Crippen LogP contribution >= 0.6 is 0 Å². The summed E-state index contributed by atoms with van der Waals surface area (Å²) in [4.78, 5) is 26.4. The van der Waals surface area contributed by atoms with Crippen LogP contribution < -0.4 is 10.5 Å². The second-order valence-electron chi connectivity index (χ2n) is 5.62. The topological polar surface area (TPSA) is 86.0 Å². The predicted molar refractivity (Wildman–Crippen MR) is 91.6 cm³/mol. The molecule has 0 bridgehead atoms. The van der Waals surface area contributed by atoms with Crippen LogP contribution in [-0.2, 0) is 4.74 Å². The molecule has 1 aliphatic rings. The molecule has 0 atom stereocenters. The van der Waals surface area contributed by atoms with Gasteiger partial charge < -0.3 is 9.64 Å². The van der Waals surface area contributed by atoms with Crippen LogP contribution in [0.15, 0.2) is 47.5 Å². The van der Waals surface area contributed by atoms with Gasteiger partial charge in [-0.3, -0.25) is 9.78 Å². The van der Waals surface area contributed by atoms with Gasteiger partial charge >= 0.3 is 0 Å². The fourth-order valence-electron chi connectivity index (χ4n) is 2.65. The molecule has 0 spiro atoms. The van der Waals surface area contributed by atoms with E-state index < -0.39 is 11.4 Å². The average Bonchev–Trinajstić information content (AvgIpc) is 2.70.